The Hall–Kier alpha value is -1.44. The van der Waals surface area contributed by atoms with Gasteiger partial charge in [-0.2, -0.15) is 4.31 Å². The van der Waals surface area contributed by atoms with Crippen molar-refractivity contribution in [1.82, 2.24) is 14.1 Å². The van der Waals surface area contributed by atoms with E-state index in [1.165, 1.54) is 0 Å². The van der Waals surface area contributed by atoms with Crippen LogP contribution in [0.1, 0.15) is 18.4 Å². The standard InChI is InChI=1S/C18H27N3O3S/c1-19(2)18(22)13-20-10-16-8-9-17(12-20)21(11-16)25(23,24)14-15-6-4-3-5-7-15/h3-7,16-17H,8-14H2,1-2H3/t16-,17+/m1/s1. The summed E-state index contributed by atoms with van der Waals surface area (Å²) >= 11 is 0. The lowest BCUT2D eigenvalue weighted by Gasteiger charge is -2.35. The first-order valence-corrected chi connectivity index (χ1v) is 10.4. The van der Waals surface area contributed by atoms with Crippen LogP contribution in [0.2, 0.25) is 0 Å². The number of carbonyl (C=O) groups is 1. The van der Waals surface area contributed by atoms with E-state index in [1.54, 1.807) is 23.3 Å². The molecule has 1 aromatic rings. The van der Waals surface area contributed by atoms with E-state index in [2.05, 4.69) is 4.90 Å². The second kappa shape index (κ2) is 7.43. The molecule has 2 bridgehead atoms. The van der Waals surface area contributed by atoms with Crippen LogP contribution in [0.5, 0.6) is 0 Å². The number of benzene rings is 1. The van der Waals surface area contributed by atoms with Crippen molar-refractivity contribution < 1.29 is 13.2 Å². The molecule has 0 aromatic heterocycles. The molecule has 138 valence electrons. The van der Waals surface area contributed by atoms with Crippen LogP contribution in [0.3, 0.4) is 0 Å². The normalized spacial score (nSPS) is 24.9. The van der Waals surface area contributed by atoms with Gasteiger partial charge in [-0.1, -0.05) is 30.3 Å². The SMILES string of the molecule is CN(C)C(=O)CN1C[C@H]2CC[C@@H](C1)N(S(=O)(=O)Cc1ccccc1)C2. The van der Waals surface area contributed by atoms with Crippen LogP contribution < -0.4 is 0 Å². The van der Waals surface area contributed by atoms with E-state index >= 15 is 0 Å². The quantitative estimate of drug-likeness (QED) is 0.781. The van der Waals surface area contributed by atoms with Gasteiger partial charge in [-0.3, -0.25) is 9.69 Å². The highest BCUT2D eigenvalue weighted by molar-refractivity contribution is 7.88. The molecular weight excluding hydrogens is 338 g/mol. The molecule has 1 amide bonds. The van der Waals surface area contributed by atoms with Gasteiger partial charge in [0.2, 0.25) is 15.9 Å². The molecule has 6 nitrogen and oxygen atoms in total. The molecule has 0 radical (unpaired) electrons. The highest BCUT2D eigenvalue weighted by Crippen LogP contribution is 2.31. The second-order valence-electron chi connectivity index (χ2n) is 7.39. The molecule has 4 rings (SSSR count). The number of hydrogen-bond acceptors (Lipinski definition) is 4. The number of sulfonamides is 1. The lowest BCUT2D eigenvalue weighted by Crippen LogP contribution is -2.48. The highest BCUT2D eigenvalue weighted by atomic mass is 32.2. The monoisotopic (exact) mass is 365 g/mol. The van der Waals surface area contributed by atoms with Crippen LogP contribution in [0.15, 0.2) is 30.3 Å². The molecule has 3 fully saturated rings. The summed E-state index contributed by atoms with van der Waals surface area (Å²) < 4.78 is 27.6. The minimum atomic E-state index is -3.35. The number of fused-ring (bicyclic) bond motifs is 4. The summed E-state index contributed by atoms with van der Waals surface area (Å²) in [6.45, 7) is 2.39. The average Bonchev–Trinajstić information content (AvgIpc) is 2.86. The van der Waals surface area contributed by atoms with E-state index in [0.29, 0.717) is 25.6 Å². The molecule has 0 aliphatic carbocycles. The molecule has 3 aliphatic rings. The van der Waals surface area contributed by atoms with Crippen molar-refractivity contribution in [3.05, 3.63) is 35.9 Å². The molecule has 0 spiro atoms. The molecule has 0 unspecified atom stereocenters. The molecule has 3 aliphatic heterocycles. The number of carbonyl (C=O) groups excluding carboxylic acids is 1. The van der Waals surface area contributed by atoms with E-state index in [4.69, 9.17) is 0 Å². The maximum atomic E-state index is 13.0. The Balaban J connectivity index is 1.73. The summed E-state index contributed by atoms with van der Waals surface area (Å²) in [7, 11) is 0.163. The summed E-state index contributed by atoms with van der Waals surface area (Å²) in [6, 6.07) is 9.32. The fourth-order valence-corrected chi connectivity index (χ4v) is 5.65. The van der Waals surface area contributed by atoms with Crippen molar-refractivity contribution in [2.75, 3.05) is 40.3 Å². The van der Waals surface area contributed by atoms with Crippen LogP contribution in [0.4, 0.5) is 0 Å². The molecule has 2 atom stereocenters. The Morgan fingerprint density at radius 2 is 1.84 bits per heavy atom. The van der Waals surface area contributed by atoms with Crippen molar-refractivity contribution in [3.8, 4) is 0 Å². The van der Waals surface area contributed by atoms with Crippen molar-refractivity contribution in [3.63, 3.8) is 0 Å². The summed E-state index contributed by atoms with van der Waals surface area (Å²) in [6.07, 6.45) is 1.92. The molecule has 0 N–H and O–H groups in total. The zero-order chi connectivity index (χ0) is 18.0. The number of likely N-dealkylation sites (N-methyl/N-ethyl adjacent to an activating group) is 1. The molecule has 3 heterocycles. The highest BCUT2D eigenvalue weighted by Gasteiger charge is 2.40. The molecule has 25 heavy (non-hydrogen) atoms. The predicted molar refractivity (Wildman–Crippen MR) is 97.4 cm³/mol. The van der Waals surface area contributed by atoms with E-state index in [9.17, 15) is 13.2 Å². The molecule has 1 aromatic carbocycles. The maximum absolute atomic E-state index is 13.0. The smallest absolute Gasteiger partial charge is 0.236 e. The topological polar surface area (TPSA) is 60.9 Å². The Kier molecular flexibility index (Phi) is 5.46. The fraction of sp³-hybridized carbons (Fsp3) is 0.611. The molecule has 7 heteroatoms. The largest absolute Gasteiger partial charge is 0.348 e. The predicted octanol–water partition coefficient (Wildman–Crippen LogP) is 1.00. The summed E-state index contributed by atoms with van der Waals surface area (Å²) in [5.41, 5.74) is 0.822. The third kappa shape index (κ3) is 4.40. The van der Waals surface area contributed by atoms with Crippen molar-refractivity contribution in [2.45, 2.75) is 24.6 Å². The maximum Gasteiger partial charge on any atom is 0.236 e. The molecule has 3 saturated heterocycles. The van der Waals surface area contributed by atoms with Crippen molar-refractivity contribution in [1.29, 1.82) is 0 Å². The van der Waals surface area contributed by atoms with Gasteiger partial charge in [0, 0.05) is 39.8 Å². The van der Waals surface area contributed by atoms with Crippen molar-refractivity contribution in [2.24, 2.45) is 5.92 Å². The lowest BCUT2D eigenvalue weighted by molar-refractivity contribution is -0.129. The van der Waals surface area contributed by atoms with Gasteiger partial charge in [0.25, 0.3) is 0 Å². The van der Waals surface area contributed by atoms with Gasteiger partial charge in [0.1, 0.15) is 0 Å². The average molecular weight is 365 g/mol. The van der Waals surface area contributed by atoms with Gasteiger partial charge >= 0.3 is 0 Å². The minimum Gasteiger partial charge on any atom is -0.348 e. The number of hydrogen-bond donors (Lipinski definition) is 0. The van der Waals surface area contributed by atoms with Crippen LogP contribution >= 0.6 is 0 Å². The fourth-order valence-electron chi connectivity index (χ4n) is 3.81. The number of piperidine rings is 1. The number of amides is 1. The van der Waals surface area contributed by atoms with E-state index in [0.717, 1.165) is 24.9 Å². The Bertz CT molecular complexity index is 706. The van der Waals surface area contributed by atoms with E-state index < -0.39 is 10.0 Å². The van der Waals surface area contributed by atoms with Gasteiger partial charge in [-0.05, 0) is 24.3 Å². The summed E-state index contributed by atoms with van der Waals surface area (Å²) in [5, 5.41) is 0. The Labute approximate surface area is 150 Å². The molecular formula is C18H27N3O3S. The second-order valence-corrected chi connectivity index (χ2v) is 9.31. The van der Waals surface area contributed by atoms with Gasteiger partial charge in [0.05, 0.1) is 12.3 Å². The van der Waals surface area contributed by atoms with Crippen LogP contribution in [-0.4, -0.2) is 74.7 Å². The number of rotatable bonds is 5. The van der Waals surface area contributed by atoms with Gasteiger partial charge in [-0.25, -0.2) is 8.42 Å². The van der Waals surface area contributed by atoms with Crippen molar-refractivity contribution >= 4 is 15.9 Å². The van der Waals surface area contributed by atoms with Crippen LogP contribution in [0, 0.1) is 5.92 Å². The third-order valence-corrected chi connectivity index (χ3v) is 7.01. The van der Waals surface area contributed by atoms with E-state index in [1.807, 2.05) is 30.3 Å². The Morgan fingerprint density at radius 3 is 2.52 bits per heavy atom. The van der Waals surface area contributed by atoms with Crippen LogP contribution in [-0.2, 0) is 20.6 Å². The van der Waals surface area contributed by atoms with Gasteiger partial charge in [-0.15, -0.1) is 0 Å². The summed E-state index contributed by atoms with van der Waals surface area (Å²) in [5.74, 6) is 0.424. The lowest BCUT2D eigenvalue weighted by atomic mass is 9.97. The third-order valence-electron chi connectivity index (χ3n) is 5.15. The zero-order valence-electron chi connectivity index (χ0n) is 15.0. The first-order chi connectivity index (χ1) is 11.8. The minimum absolute atomic E-state index is 0.0255. The number of nitrogens with zero attached hydrogens (tertiary/aromatic N) is 3. The molecule has 0 saturated carbocycles. The van der Waals surface area contributed by atoms with Gasteiger partial charge < -0.3 is 4.90 Å². The zero-order valence-corrected chi connectivity index (χ0v) is 15.8. The van der Waals surface area contributed by atoms with Crippen LogP contribution in [0.25, 0.3) is 0 Å². The Morgan fingerprint density at radius 1 is 1.12 bits per heavy atom. The first-order valence-electron chi connectivity index (χ1n) is 8.81. The van der Waals surface area contributed by atoms with E-state index in [-0.39, 0.29) is 17.7 Å². The first kappa shape index (κ1) is 18.4. The summed E-state index contributed by atoms with van der Waals surface area (Å²) in [4.78, 5) is 15.8. The van der Waals surface area contributed by atoms with Gasteiger partial charge in [0.15, 0.2) is 0 Å².